The first kappa shape index (κ1) is 20.4. The summed E-state index contributed by atoms with van der Waals surface area (Å²) in [6.07, 6.45) is 0.721. The average Bonchev–Trinajstić information content (AvgIpc) is 2.58. The lowest BCUT2D eigenvalue weighted by Gasteiger charge is -2.21. The Balaban J connectivity index is 2.50. The molecule has 0 unspecified atom stereocenters. The zero-order valence-corrected chi connectivity index (χ0v) is 15.2. The van der Waals surface area contributed by atoms with Gasteiger partial charge in [-0.3, -0.25) is 4.79 Å². The number of amides is 1. The third kappa shape index (κ3) is 6.41. The van der Waals surface area contributed by atoms with Crippen molar-refractivity contribution >= 4 is 23.5 Å². The standard InChI is InChI=1S/C19H25NO5/c1-6-19(4,5)18(23)20-15-9-7-14(8-10-15)17(22)25-12-11-24-16(21)13(2)3/h7-10H,2,6,11-12H2,1,3-5H3,(H,20,23). The largest absolute Gasteiger partial charge is 0.459 e. The Morgan fingerprint density at radius 3 is 2.16 bits per heavy atom. The van der Waals surface area contributed by atoms with E-state index in [2.05, 4.69) is 11.9 Å². The number of ether oxygens (including phenoxy) is 2. The monoisotopic (exact) mass is 347 g/mol. The predicted octanol–water partition coefficient (Wildman–Crippen LogP) is 3.34. The van der Waals surface area contributed by atoms with E-state index in [1.54, 1.807) is 24.3 Å². The number of esters is 2. The van der Waals surface area contributed by atoms with Gasteiger partial charge in [-0.05, 0) is 37.6 Å². The molecule has 0 heterocycles. The highest BCUT2D eigenvalue weighted by molar-refractivity contribution is 5.95. The van der Waals surface area contributed by atoms with Crippen molar-refractivity contribution in [2.75, 3.05) is 18.5 Å². The van der Waals surface area contributed by atoms with E-state index in [0.717, 1.165) is 6.42 Å². The van der Waals surface area contributed by atoms with Crippen molar-refractivity contribution in [3.8, 4) is 0 Å². The van der Waals surface area contributed by atoms with Crippen molar-refractivity contribution in [1.29, 1.82) is 0 Å². The summed E-state index contributed by atoms with van der Waals surface area (Å²) in [5.74, 6) is -1.13. The lowest BCUT2D eigenvalue weighted by molar-refractivity contribution is -0.140. The maximum absolute atomic E-state index is 12.1. The van der Waals surface area contributed by atoms with Crippen LogP contribution in [0, 0.1) is 5.41 Å². The molecule has 1 rings (SSSR count). The fourth-order valence-electron chi connectivity index (χ4n) is 1.63. The highest BCUT2D eigenvalue weighted by atomic mass is 16.6. The zero-order chi connectivity index (χ0) is 19.0. The van der Waals surface area contributed by atoms with Crippen molar-refractivity contribution in [2.24, 2.45) is 5.41 Å². The molecule has 1 N–H and O–H groups in total. The number of carbonyl (C=O) groups is 3. The van der Waals surface area contributed by atoms with Gasteiger partial charge in [-0.25, -0.2) is 9.59 Å². The highest BCUT2D eigenvalue weighted by Gasteiger charge is 2.25. The molecule has 0 fully saturated rings. The van der Waals surface area contributed by atoms with Crippen LogP contribution in [0.4, 0.5) is 5.69 Å². The van der Waals surface area contributed by atoms with Gasteiger partial charge in [-0.1, -0.05) is 27.4 Å². The highest BCUT2D eigenvalue weighted by Crippen LogP contribution is 2.22. The first-order chi connectivity index (χ1) is 11.7. The van der Waals surface area contributed by atoms with E-state index < -0.39 is 17.4 Å². The van der Waals surface area contributed by atoms with Gasteiger partial charge in [-0.2, -0.15) is 0 Å². The smallest absolute Gasteiger partial charge is 0.338 e. The Morgan fingerprint density at radius 2 is 1.64 bits per heavy atom. The van der Waals surface area contributed by atoms with Gasteiger partial charge >= 0.3 is 11.9 Å². The number of hydrogen-bond donors (Lipinski definition) is 1. The number of benzene rings is 1. The summed E-state index contributed by atoms with van der Waals surface area (Å²) in [6, 6.07) is 6.41. The van der Waals surface area contributed by atoms with Crippen LogP contribution in [0.3, 0.4) is 0 Å². The van der Waals surface area contributed by atoms with Crippen LogP contribution in [-0.2, 0) is 19.1 Å². The fraction of sp³-hybridized carbons (Fsp3) is 0.421. The zero-order valence-electron chi connectivity index (χ0n) is 15.2. The molecule has 1 amide bonds. The van der Waals surface area contributed by atoms with Crippen molar-refractivity contribution in [3.05, 3.63) is 42.0 Å². The van der Waals surface area contributed by atoms with Crippen LogP contribution >= 0.6 is 0 Å². The van der Waals surface area contributed by atoms with E-state index >= 15 is 0 Å². The fourth-order valence-corrected chi connectivity index (χ4v) is 1.63. The van der Waals surface area contributed by atoms with Crippen LogP contribution in [0.25, 0.3) is 0 Å². The summed E-state index contributed by atoms with van der Waals surface area (Å²) in [4.78, 5) is 35.2. The Morgan fingerprint density at radius 1 is 1.08 bits per heavy atom. The Bertz CT molecular complexity index is 646. The summed E-state index contributed by atoms with van der Waals surface area (Å²) < 4.78 is 9.85. The van der Waals surface area contributed by atoms with Gasteiger partial charge in [0, 0.05) is 16.7 Å². The maximum Gasteiger partial charge on any atom is 0.338 e. The second-order valence-electron chi connectivity index (χ2n) is 6.32. The van der Waals surface area contributed by atoms with E-state index in [0.29, 0.717) is 11.3 Å². The SMILES string of the molecule is C=C(C)C(=O)OCCOC(=O)c1ccc(NC(=O)C(C)(C)CC)cc1. The maximum atomic E-state index is 12.1. The topological polar surface area (TPSA) is 81.7 Å². The summed E-state index contributed by atoms with van der Waals surface area (Å²) in [5, 5.41) is 2.82. The van der Waals surface area contributed by atoms with E-state index in [1.165, 1.54) is 6.92 Å². The first-order valence-electron chi connectivity index (χ1n) is 8.08. The molecule has 0 atom stereocenters. The van der Waals surface area contributed by atoms with Gasteiger partial charge in [0.1, 0.15) is 13.2 Å². The molecule has 0 saturated heterocycles. The quantitative estimate of drug-likeness (QED) is 0.443. The van der Waals surface area contributed by atoms with E-state index in [1.807, 2.05) is 20.8 Å². The molecule has 0 aromatic heterocycles. The minimum absolute atomic E-state index is 0.0301. The molecule has 25 heavy (non-hydrogen) atoms. The lowest BCUT2D eigenvalue weighted by Crippen LogP contribution is -2.29. The third-order valence-electron chi connectivity index (χ3n) is 3.78. The summed E-state index contributed by atoms with van der Waals surface area (Å²) in [5.41, 5.74) is 0.784. The van der Waals surface area contributed by atoms with Gasteiger partial charge in [0.05, 0.1) is 5.56 Å². The van der Waals surface area contributed by atoms with Gasteiger partial charge in [-0.15, -0.1) is 0 Å². The molecule has 0 aliphatic rings. The van der Waals surface area contributed by atoms with Crippen LogP contribution in [-0.4, -0.2) is 31.1 Å². The van der Waals surface area contributed by atoms with Crippen LogP contribution in [0.1, 0.15) is 44.5 Å². The number of hydrogen-bond acceptors (Lipinski definition) is 5. The predicted molar refractivity (Wildman–Crippen MR) is 95.2 cm³/mol. The second-order valence-corrected chi connectivity index (χ2v) is 6.32. The summed E-state index contributed by atoms with van der Waals surface area (Å²) in [6.45, 7) is 10.6. The number of carbonyl (C=O) groups excluding carboxylic acids is 3. The van der Waals surface area contributed by atoms with E-state index in [9.17, 15) is 14.4 Å². The molecule has 6 heteroatoms. The van der Waals surface area contributed by atoms with Gasteiger partial charge < -0.3 is 14.8 Å². The molecule has 0 bridgehead atoms. The lowest BCUT2D eigenvalue weighted by atomic mass is 9.89. The molecule has 1 aromatic carbocycles. The van der Waals surface area contributed by atoms with Crippen LogP contribution in [0.5, 0.6) is 0 Å². The van der Waals surface area contributed by atoms with Crippen molar-refractivity contribution in [3.63, 3.8) is 0 Å². The first-order valence-corrected chi connectivity index (χ1v) is 8.08. The normalized spacial score (nSPS) is 10.7. The molecule has 0 radical (unpaired) electrons. The molecule has 0 saturated carbocycles. The van der Waals surface area contributed by atoms with Gasteiger partial charge in [0.25, 0.3) is 0 Å². The summed E-state index contributed by atoms with van der Waals surface area (Å²) >= 11 is 0. The van der Waals surface area contributed by atoms with Crippen molar-refractivity contribution in [2.45, 2.75) is 34.1 Å². The van der Waals surface area contributed by atoms with Crippen LogP contribution in [0.15, 0.2) is 36.4 Å². The minimum Gasteiger partial charge on any atom is -0.459 e. The number of nitrogens with one attached hydrogen (secondary N) is 1. The number of anilines is 1. The van der Waals surface area contributed by atoms with E-state index in [-0.39, 0.29) is 24.7 Å². The number of rotatable bonds is 8. The molecule has 0 aliphatic heterocycles. The second kappa shape index (κ2) is 9.01. The van der Waals surface area contributed by atoms with E-state index in [4.69, 9.17) is 9.47 Å². The molecule has 0 spiro atoms. The Hall–Kier alpha value is -2.63. The molecule has 0 aliphatic carbocycles. The van der Waals surface area contributed by atoms with Gasteiger partial charge in [0.15, 0.2) is 0 Å². The third-order valence-corrected chi connectivity index (χ3v) is 3.78. The summed E-state index contributed by atoms with van der Waals surface area (Å²) in [7, 11) is 0. The molecule has 6 nitrogen and oxygen atoms in total. The Kier molecular flexibility index (Phi) is 7.36. The molecular formula is C19H25NO5. The Labute approximate surface area is 148 Å². The molecule has 1 aromatic rings. The van der Waals surface area contributed by atoms with Crippen LogP contribution < -0.4 is 5.32 Å². The van der Waals surface area contributed by atoms with Crippen LogP contribution in [0.2, 0.25) is 0 Å². The van der Waals surface area contributed by atoms with Crippen molar-refractivity contribution < 1.29 is 23.9 Å². The molecule has 136 valence electrons. The molecular weight excluding hydrogens is 322 g/mol. The van der Waals surface area contributed by atoms with Gasteiger partial charge in [0.2, 0.25) is 5.91 Å². The minimum atomic E-state index is -0.530. The average molecular weight is 347 g/mol. The van der Waals surface area contributed by atoms with Crippen molar-refractivity contribution in [1.82, 2.24) is 0 Å².